The van der Waals surface area contributed by atoms with Gasteiger partial charge in [0.1, 0.15) is 0 Å². The Morgan fingerprint density at radius 2 is 1.57 bits per heavy atom. The molecule has 144 valence electrons. The van der Waals surface area contributed by atoms with Gasteiger partial charge < -0.3 is 15.1 Å². The molecule has 1 aromatic heterocycles. The first-order valence-electron chi connectivity index (χ1n) is 9.70. The van der Waals surface area contributed by atoms with Crippen molar-refractivity contribution in [3.05, 3.63) is 65.4 Å². The van der Waals surface area contributed by atoms with Crippen LogP contribution in [0.1, 0.15) is 16.7 Å². The van der Waals surface area contributed by atoms with Gasteiger partial charge in [0, 0.05) is 37.6 Å². The lowest BCUT2D eigenvalue weighted by molar-refractivity contribution is 0.634. The molecule has 2 aromatic carbocycles. The fourth-order valence-electron chi connectivity index (χ4n) is 3.50. The Labute approximate surface area is 166 Å². The van der Waals surface area contributed by atoms with Crippen molar-refractivity contribution in [3.8, 4) is 0 Å². The molecule has 0 bridgehead atoms. The smallest absolute Gasteiger partial charge is 0.247 e. The van der Waals surface area contributed by atoms with Crippen molar-refractivity contribution in [2.45, 2.75) is 20.8 Å². The Hall–Kier alpha value is -3.15. The maximum absolute atomic E-state index is 4.67. The Morgan fingerprint density at radius 3 is 2.32 bits per heavy atom. The minimum absolute atomic E-state index is 0.678. The van der Waals surface area contributed by atoms with E-state index in [2.05, 4.69) is 81.4 Å². The monoisotopic (exact) mass is 374 g/mol. The summed E-state index contributed by atoms with van der Waals surface area (Å²) in [5, 5.41) is 11.7. The first-order valence-corrected chi connectivity index (χ1v) is 9.70. The average Bonchev–Trinajstić information content (AvgIpc) is 2.72. The fourth-order valence-corrected chi connectivity index (χ4v) is 3.50. The number of benzene rings is 2. The highest BCUT2D eigenvalue weighted by molar-refractivity contribution is 5.58. The summed E-state index contributed by atoms with van der Waals surface area (Å²) in [5.74, 6) is 1.39. The van der Waals surface area contributed by atoms with Crippen LogP contribution in [-0.2, 0) is 0 Å². The van der Waals surface area contributed by atoms with Crippen LogP contribution in [0.2, 0.25) is 0 Å². The number of aromatic nitrogens is 3. The van der Waals surface area contributed by atoms with Crippen LogP contribution < -0.4 is 15.1 Å². The molecule has 6 heteroatoms. The molecule has 0 spiro atoms. The zero-order valence-corrected chi connectivity index (χ0v) is 16.7. The zero-order valence-electron chi connectivity index (χ0n) is 16.7. The Bertz CT molecular complexity index is 945. The van der Waals surface area contributed by atoms with Crippen LogP contribution in [0, 0.1) is 20.8 Å². The Kier molecular flexibility index (Phi) is 5.10. The second-order valence-electron chi connectivity index (χ2n) is 7.33. The normalized spacial score (nSPS) is 14.2. The van der Waals surface area contributed by atoms with Crippen molar-refractivity contribution >= 4 is 23.1 Å². The van der Waals surface area contributed by atoms with Gasteiger partial charge in [0.15, 0.2) is 5.82 Å². The number of piperazine rings is 1. The van der Waals surface area contributed by atoms with Crippen LogP contribution in [0.4, 0.5) is 23.1 Å². The summed E-state index contributed by atoms with van der Waals surface area (Å²) in [6.07, 6.45) is 1.66. The summed E-state index contributed by atoms with van der Waals surface area (Å²) < 4.78 is 0. The van der Waals surface area contributed by atoms with E-state index in [0.717, 1.165) is 31.9 Å². The molecule has 1 aliphatic heterocycles. The van der Waals surface area contributed by atoms with E-state index in [-0.39, 0.29) is 0 Å². The van der Waals surface area contributed by atoms with Crippen molar-refractivity contribution in [1.29, 1.82) is 0 Å². The highest BCUT2D eigenvalue weighted by Gasteiger charge is 2.21. The molecule has 1 aliphatic rings. The summed E-state index contributed by atoms with van der Waals surface area (Å²) in [4.78, 5) is 9.31. The summed E-state index contributed by atoms with van der Waals surface area (Å²) in [7, 11) is 0. The minimum atomic E-state index is 0.678. The van der Waals surface area contributed by atoms with Gasteiger partial charge in [0.25, 0.3) is 0 Å². The van der Waals surface area contributed by atoms with Gasteiger partial charge in [0.2, 0.25) is 5.95 Å². The Morgan fingerprint density at radius 1 is 0.857 bits per heavy atom. The molecule has 0 saturated carbocycles. The number of aryl methyl sites for hydroxylation is 2. The molecular weight excluding hydrogens is 348 g/mol. The molecule has 28 heavy (non-hydrogen) atoms. The zero-order chi connectivity index (χ0) is 19.5. The third-order valence-electron chi connectivity index (χ3n) is 5.35. The number of nitrogens with one attached hydrogen (secondary N) is 1. The predicted molar refractivity (Wildman–Crippen MR) is 115 cm³/mol. The molecule has 0 radical (unpaired) electrons. The second kappa shape index (κ2) is 7.84. The maximum atomic E-state index is 4.67. The Balaban J connectivity index is 1.43. The molecule has 3 aromatic rings. The SMILES string of the molecule is Cc1ccc(Nc2cnnc(N3CCN(c4cccc(C)c4C)CC3)n2)cc1. The largest absolute Gasteiger partial charge is 0.368 e. The van der Waals surface area contributed by atoms with Gasteiger partial charge in [-0.05, 0) is 50.1 Å². The average molecular weight is 374 g/mol. The van der Waals surface area contributed by atoms with Gasteiger partial charge in [0.05, 0.1) is 6.20 Å². The molecule has 0 amide bonds. The standard InChI is InChI=1S/C22H26N6/c1-16-7-9-19(10-8-16)24-21-15-23-26-22(25-21)28-13-11-27(12-14-28)20-6-4-5-17(2)18(20)3/h4-10,15H,11-14H2,1-3H3,(H,24,25,26). The molecule has 0 unspecified atom stereocenters. The molecule has 4 rings (SSSR count). The van der Waals surface area contributed by atoms with Crippen LogP contribution in [-0.4, -0.2) is 41.4 Å². The molecule has 1 saturated heterocycles. The van der Waals surface area contributed by atoms with Crippen molar-refractivity contribution in [2.75, 3.05) is 41.3 Å². The van der Waals surface area contributed by atoms with Crippen molar-refractivity contribution in [3.63, 3.8) is 0 Å². The highest BCUT2D eigenvalue weighted by atomic mass is 15.4. The third kappa shape index (κ3) is 3.91. The summed E-state index contributed by atoms with van der Waals surface area (Å²) >= 11 is 0. The van der Waals surface area contributed by atoms with E-state index < -0.39 is 0 Å². The fraction of sp³-hybridized carbons (Fsp3) is 0.318. The molecule has 1 fully saturated rings. The van der Waals surface area contributed by atoms with E-state index in [4.69, 9.17) is 0 Å². The van der Waals surface area contributed by atoms with Gasteiger partial charge in [-0.2, -0.15) is 10.1 Å². The maximum Gasteiger partial charge on any atom is 0.247 e. The van der Waals surface area contributed by atoms with Crippen LogP contribution >= 0.6 is 0 Å². The lowest BCUT2D eigenvalue weighted by atomic mass is 10.1. The molecule has 0 aliphatic carbocycles. The number of hydrogen-bond donors (Lipinski definition) is 1. The van der Waals surface area contributed by atoms with E-state index in [9.17, 15) is 0 Å². The van der Waals surface area contributed by atoms with E-state index in [1.165, 1.54) is 22.4 Å². The molecule has 1 N–H and O–H groups in total. The van der Waals surface area contributed by atoms with Crippen LogP contribution in [0.3, 0.4) is 0 Å². The summed E-state index contributed by atoms with van der Waals surface area (Å²) in [6, 6.07) is 14.7. The lowest BCUT2D eigenvalue weighted by Gasteiger charge is -2.36. The number of anilines is 4. The van der Waals surface area contributed by atoms with Crippen molar-refractivity contribution in [1.82, 2.24) is 15.2 Å². The molecular formula is C22H26N6. The molecule has 6 nitrogen and oxygen atoms in total. The number of hydrogen-bond acceptors (Lipinski definition) is 6. The summed E-state index contributed by atoms with van der Waals surface area (Å²) in [5.41, 5.74) is 6.25. The van der Waals surface area contributed by atoms with Gasteiger partial charge in [-0.3, -0.25) is 0 Å². The second-order valence-corrected chi connectivity index (χ2v) is 7.33. The minimum Gasteiger partial charge on any atom is -0.368 e. The number of nitrogens with zero attached hydrogens (tertiary/aromatic N) is 5. The quantitative estimate of drug-likeness (QED) is 0.748. The van der Waals surface area contributed by atoms with Crippen molar-refractivity contribution in [2.24, 2.45) is 0 Å². The van der Waals surface area contributed by atoms with E-state index in [1.807, 2.05) is 12.1 Å². The van der Waals surface area contributed by atoms with Crippen LogP contribution in [0.5, 0.6) is 0 Å². The van der Waals surface area contributed by atoms with Gasteiger partial charge >= 0.3 is 0 Å². The van der Waals surface area contributed by atoms with E-state index in [0.29, 0.717) is 11.8 Å². The van der Waals surface area contributed by atoms with E-state index in [1.54, 1.807) is 6.20 Å². The highest BCUT2D eigenvalue weighted by Crippen LogP contribution is 2.25. The predicted octanol–water partition coefficient (Wildman–Crippen LogP) is 3.87. The third-order valence-corrected chi connectivity index (χ3v) is 5.35. The topological polar surface area (TPSA) is 57.2 Å². The van der Waals surface area contributed by atoms with Crippen molar-refractivity contribution < 1.29 is 0 Å². The summed E-state index contributed by atoms with van der Waals surface area (Å²) in [6.45, 7) is 10.1. The lowest BCUT2D eigenvalue weighted by Crippen LogP contribution is -2.47. The molecule has 2 heterocycles. The van der Waals surface area contributed by atoms with E-state index >= 15 is 0 Å². The van der Waals surface area contributed by atoms with Crippen LogP contribution in [0.15, 0.2) is 48.7 Å². The first kappa shape index (κ1) is 18.2. The van der Waals surface area contributed by atoms with Gasteiger partial charge in [-0.15, -0.1) is 5.10 Å². The van der Waals surface area contributed by atoms with Crippen LogP contribution in [0.25, 0.3) is 0 Å². The van der Waals surface area contributed by atoms with Gasteiger partial charge in [-0.1, -0.05) is 29.8 Å². The molecule has 0 atom stereocenters. The van der Waals surface area contributed by atoms with Gasteiger partial charge in [-0.25, -0.2) is 0 Å². The number of rotatable bonds is 4. The first-order chi connectivity index (χ1) is 13.6.